The number of aryl methyl sites for hydroxylation is 1. The van der Waals surface area contributed by atoms with Crippen molar-refractivity contribution in [1.82, 2.24) is 29.2 Å². The van der Waals surface area contributed by atoms with E-state index >= 15 is 0 Å². The van der Waals surface area contributed by atoms with Crippen molar-refractivity contribution in [3.63, 3.8) is 0 Å². The molecule has 3 heterocycles. The predicted molar refractivity (Wildman–Crippen MR) is 171 cm³/mol. The van der Waals surface area contributed by atoms with Gasteiger partial charge in [0.25, 0.3) is 0 Å². The third-order valence-corrected chi connectivity index (χ3v) is 11.1. The molecular formula is C30H48Cl2N6O3S. The van der Waals surface area contributed by atoms with Gasteiger partial charge in [0.15, 0.2) is 0 Å². The summed E-state index contributed by atoms with van der Waals surface area (Å²) in [6.45, 7) is 9.41. The van der Waals surface area contributed by atoms with Gasteiger partial charge in [-0.3, -0.25) is 9.69 Å². The number of nitrogens with zero attached hydrogens (tertiary/aromatic N) is 5. The Labute approximate surface area is 264 Å². The molecule has 9 nitrogen and oxygen atoms in total. The monoisotopic (exact) mass is 642 g/mol. The van der Waals surface area contributed by atoms with E-state index in [4.69, 9.17) is 5.10 Å². The summed E-state index contributed by atoms with van der Waals surface area (Å²) in [5.41, 5.74) is 4.15. The van der Waals surface area contributed by atoms with E-state index in [1.807, 2.05) is 30.8 Å². The molecule has 1 aromatic heterocycles. The van der Waals surface area contributed by atoms with Crippen LogP contribution in [0.15, 0.2) is 29.2 Å². The number of amides is 1. The normalized spacial score (nSPS) is 20.1. The molecular weight excluding hydrogens is 595 g/mol. The molecule has 0 radical (unpaired) electrons. The maximum atomic E-state index is 13.1. The van der Waals surface area contributed by atoms with Crippen LogP contribution in [0.3, 0.4) is 0 Å². The smallest absolute Gasteiger partial charge is 0.243 e. The van der Waals surface area contributed by atoms with Crippen LogP contribution in [-0.4, -0.2) is 90.6 Å². The van der Waals surface area contributed by atoms with Gasteiger partial charge in [-0.2, -0.15) is 9.40 Å². The first-order chi connectivity index (χ1) is 19.2. The zero-order chi connectivity index (χ0) is 28.3. The topological polar surface area (TPSA) is 90.8 Å². The Balaban J connectivity index is 0.00000242. The fourth-order valence-corrected chi connectivity index (χ4v) is 7.91. The van der Waals surface area contributed by atoms with Gasteiger partial charge in [0.1, 0.15) is 0 Å². The Kier molecular flexibility index (Phi) is 12.7. The van der Waals surface area contributed by atoms with E-state index in [1.165, 1.54) is 37.7 Å². The van der Waals surface area contributed by atoms with Crippen LogP contribution >= 0.6 is 24.8 Å². The van der Waals surface area contributed by atoms with Crippen LogP contribution in [0.5, 0.6) is 0 Å². The maximum absolute atomic E-state index is 13.1. The fraction of sp³-hybridized carbons (Fsp3) is 0.667. The number of rotatable bonds is 8. The molecule has 12 heteroatoms. The lowest BCUT2D eigenvalue weighted by atomic mass is 9.86. The first-order valence-electron chi connectivity index (χ1n) is 15.1. The molecule has 1 aromatic carbocycles. The summed E-state index contributed by atoms with van der Waals surface area (Å²) in [4.78, 5) is 17.5. The minimum Gasteiger partial charge on any atom is -0.353 e. The van der Waals surface area contributed by atoms with Gasteiger partial charge >= 0.3 is 0 Å². The number of piperidine rings is 1. The molecule has 1 amide bonds. The van der Waals surface area contributed by atoms with E-state index in [1.54, 1.807) is 16.4 Å². The number of likely N-dealkylation sites (N-methyl/N-ethyl adjacent to an activating group) is 1. The van der Waals surface area contributed by atoms with Gasteiger partial charge in [-0.1, -0.05) is 19.3 Å². The molecule has 5 rings (SSSR count). The molecule has 3 fully saturated rings. The Bertz CT molecular complexity index is 1260. The van der Waals surface area contributed by atoms with Crippen LogP contribution in [0.25, 0.3) is 5.69 Å². The number of nitrogens with one attached hydrogen (secondary N) is 1. The van der Waals surface area contributed by atoms with Crippen molar-refractivity contribution in [2.24, 2.45) is 5.92 Å². The molecule has 42 heavy (non-hydrogen) atoms. The molecule has 0 unspecified atom stereocenters. The van der Waals surface area contributed by atoms with Gasteiger partial charge in [0.05, 0.1) is 16.3 Å². The average molecular weight is 644 g/mol. The summed E-state index contributed by atoms with van der Waals surface area (Å²) >= 11 is 0. The van der Waals surface area contributed by atoms with Crippen molar-refractivity contribution in [2.45, 2.75) is 82.7 Å². The maximum Gasteiger partial charge on any atom is 0.243 e. The van der Waals surface area contributed by atoms with E-state index in [9.17, 15) is 13.2 Å². The highest BCUT2D eigenvalue weighted by Gasteiger charge is 2.28. The minimum atomic E-state index is -3.49. The van der Waals surface area contributed by atoms with Crippen LogP contribution in [0.1, 0.15) is 68.3 Å². The van der Waals surface area contributed by atoms with Gasteiger partial charge in [0.2, 0.25) is 15.9 Å². The van der Waals surface area contributed by atoms with Crippen molar-refractivity contribution in [1.29, 1.82) is 0 Å². The molecule has 3 aliphatic rings. The second-order valence-corrected chi connectivity index (χ2v) is 14.0. The van der Waals surface area contributed by atoms with E-state index in [2.05, 4.69) is 22.0 Å². The molecule has 1 N–H and O–H groups in total. The average Bonchev–Trinajstić information content (AvgIpc) is 3.23. The fourth-order valence-electron chi connectivity index (χ4n) is 6.49. The van der Waals surface area contributed by atoms with Crippen LogP contribution in [0.2, 0.25) is 0 Å². The lowest BCUT2D eigenvalue weighted by Crippen LogP contribution is -2.46. The van der Waals surface area contributed by atoms with Crippen LogP contribution in [-0.2, 0) is 21.4 Å². The first kappa shape index (κ1) is 34.8. The zero-order valence-corrected chi connectivity index (χ0v) is 27.7. The van der Waals surface area contributed by atoms with Gasteiger partial charge in [-0.05, 0) is 76.8 Å². The molecule has 1 saturated carbocycles. The molecule has 2 aliphatic heterocycles. The van der Waals surface area contributed by atoms with E-state index in [0.717, 1.165) is 62.6 Å². The third-order valence-electron chi connectivity index (χ3n) is 9.16. The molecule has 1 aliphatic carbocycles. The third kappa shape index (κ3) is 8.27. The Morgan fingerprint density at radius 2 is 1.52 bits per heavy atom. The summed E-state index contributed by atoms with van der Waals surface area (Å²) in [6.07, 6.45) is 8.93. The number of sulfonamides is 1. The van der Waals surface area contributed by atoms with E-state index in [-0.39, 0.29) is 36.8 Å². The number of hydrogen-bond donors (Lipinski definition) is 1. The zero-order valence-electron chi connectivity index (χ0n) is 25.3. The van der Waals surface area contributed by atoms with Crippen molar-refractivity contribution in [3.8, 4) is 5.69 Å². The highest BCUT2D eigenvalue weighted by Crippen LogP contribution is 2.27. The van der Waals surface area contributed by atoms with Crippen LogP contribution < -0.4 is 5.32 Å². The Morgan fingerprint density at radius 1 is 0.905 bits per heavy atom. The second-order valence-electron chi connectivity index (χ2n) is 12.1. The standard InChI is InChI=1S/C30H46N6O3S.2ClH/c1-23-29(22-34-15-13-26(14-16-34)31-30(37)21-25-7-5-4-6-8-25)24(2)36(32-23)27-9-11-28(12-10-27)40(38,39)35-19-17-33(3)18-20-35;;/h9-12,25-26H,4-8,13-22H2,1-3H3,(H,31,37);2*1H. The molecule has 0 spiro atoms. The highest BCUT2D eigenvalue weighted by atomic mass is 35.5. The minimum absolute atomic E-state index is 0. The van der Waals surface area contributed by atoms with E-state index < -0.39 is 10.0 Å². The summed E-state index contributed by atoms with van der Waals surface area (Å²) in [5, 5.41) is 8.12. The summed E-state index contributed by atoms with van der Waals surface area (Å²) in [6, 6.07) is 7.39. The number of likely N-dealkylation sites (tertiary alicyclic amines) is 1. The first-order valence-corrected chi connectivity index (χ1v) is 16.5. The quantitative estimate of drug-likeness (QED) is 0.461. The number of hydrogen-bond acceptors (Lipinski definition) is 6. The summed E-state index contributed by atoms with van der Waals surface area (Å²) < 4.78 is 29.7. The number of benzene rings is 1. The number of piperazine rings is 1. The number of halogens is 2. The lowest BCUT2D eigenvalue weighted by molar-refractivity contribution is -0.123. The van der Waals surface area contributed by atoms with Gasteiger partial charge in [0, 0.05) is 69.5 Å². The van der Waals surface area contributed by atoms with Crippen molar-refractivity contribution in [3.05, 3.63) is 41.2 Å². The predicted octanol–water partition coefficient (Wildman–Crippen LogP) is 4.32. The summed E-state index contributed by atoms with van der Waals surface area (Å²) in [5.74, 6) is 0.814. The number of carbonyl (C=O) groups excluding carboxylic acids is 1. The second kappa shape index (κ2) is 15.3. The molecule has 2 saturated heterocycles. The molecule has 0 atom stereocenters. The van der Waals surface area contributed by atoms with Crippen molar-refractivity contribution < 1.29 is 13.2 Å². The van der Waals surface area contributed by atoms with Gasteiger partial charge in [-0.15, -0.1) is 24.8 Å². The number of carbonyl (C=O) groups is 1. The SMILES string of the molecule is Cc1nn(-c2ccc(S(=O)(=O)N3CCN(C)CC3)cc2)c(C)c1CN1CCC(NC(=O)CC2CCCCC2)CC1.Cl.Cl. The Morgan fingerprint density at radius 3 is 2.14 bits per heavy atom. The lowest BCUT2D eigenvalue weighted by Gasteiger charge is -2.33. The van der Waals surface area contributed by atoms with E-state index in [0.29, 0.717) is 30.3 Å². The largest absolute Gasteiger partial charge is 0.353 e. The van der Waals surface area contributed by atoms with Crippen LogP contribution in [0.4, 0.5) is 0 Å². The number of aromatic nitrogens is 2. The molecule has 2 aromatic rings. The Hall–Kier alpha value is -1.69. The van der Waals surface area contributed by atoms with Crippen molar-refractivity contribution in [2.75, 3.05) is 46.3 Å². The van der Waals surface area contributed by atoms with Crippen molar-refractivity contribution >= 4 is 40.7 Å². The van der Waals surface area contributed by atoms with Crippen LogP contribution in [0, 0.1) is 19.8 Å². The molecule has 0 bridgehead atoms. The van der Waals surface area contributed by atoms with Gasteiger partial charge in [-0.25, -0.2) is 13.1 Å². The summed E-state index contributed by atoms with van der Waals surface area (Å²) in [7, 11) is -1.48. The highest BCUT2D eigenvalue weighted by molar-refractivity contribution is 7.89. The van der Waals surface area contributed by atoms with Gasteiger partial charge < -0.3 is 10.2 Å². The molecule has 236 valence electrons.